The Hall–Kier alpha value is -1.17. The summed E-state index contributed by atoms with van der Waals surface area (Å²) in [7, 11) is 0. The molecule has 6 heteroatoms. The smallest absolute Gasteiger partial charge is 0.386 e. The van der Waals surface area contributed by atoms with E-state index >= 15 is 0 Å². The van der Waals surface area contributed by atoms with E-state index in [1.165, 1.54) is 0 Å². The second-order valence-electron chi connectivity index (χ2n) is 3.98. The van der Waals surface area contributed by atoms with Gasteiger partial charge < -0.3 is 4.84 Å². The predicted molar refractivity (Wildman–Crippen MR) is 71.8 cm³/mol. The van der Waals surface area contributed by atoms with E-state index in [1.54, 1.807) is 18.7 Å². The minimum atomic E-state index is -4.36. The molecule has 0 atom stereocenters. The number of aryl methyl sites for hydroxylation is 1. The summed E-state index contributed by atoms with van der Waals surface area (Å²) in [6.07, 6.45) is -4.36. The van der Waals surface area contributed by atoms with Crippen molar-refractivity contribution < 1.29 is 18.0 Å². The van der Waals surface area contributed by atoms with Gasteiger partial charge >= 0.3 is 6.18 Å². The zero-order valence-electron chi connectivity index (χ0n) is 11.0. The first kappa shape index (κ1) is 15.9. The number of halogens is 3. The van der Waals surface area contributed by atoms with Crippen LogP contribution in [0.3, 0.4) is 0 Å². The van der Waals surface area contributed by atoms with E-state index < -0.39 is 12.8 Å². The molecule has 0 aliphatic carbocycles. The molecule has 1 aromatic carbocycles. The van der Waals surface area contributed by atoms with Crippen LogP contribution in [-0.2, 0) is 4.84 Å². The first-order valence-corrected chi connectivity index (χ1v) is 6.79. The Bertz CT molecular complexity index is 458. The third-order valence-corrected chi connectivity index (χ3v) is 3.37. The van der Waals surface area contributed by atoms with Crippen molar-refractivity contribution in [1.29, 1.82) is 0 Å². The standard InChI is InChI=1S/C13H16F3NOS/c1-4-19-12-7-11(6-5-9(12)2)10(3)17-18-8-13(14,15)16/h5-7H,4,8H2,1-3H3/b17-10+. The SMILES string of the molecule is CCSc1cc(/C(C)=N/OCC(F)(F)F)ccc1C. The largest absolute Gasteiger partial charge is 0.425 e. The van der Waals surface area contributed by atoms with Crippen LogP contribution in [0, 0.1) is 6.92 Å². The molecule has 2 nitrogen and oxygen atoms in total. The van der Waals surface area contributed by atoms with E-state index in [1.807, 2.05) is 32.0 Å². The molecule has 0 spiro atoms. The minimum absolute atomic E-state index is 0.433. The summed E-state index contributed by atoms with van der Waals surface area (Å²) in [5.41, 5.74) is 2.34. The van der Waals surface area contributed by atoms with Gasteiger partial charge in [-0.1, -0.05) is 24.2 Å². The number of oxime groups is 1. The van der Waals surface area contributed by atoms with Crippen LogP contribution in [0.4, 0.5) is 13.2 Å². The summed E-state index contributed by atoms with van der Waals surface area (Å²) < 4.78 is 35.8. The Kier molecular flexibility index (Phi) is 5.72. The number of benzene rings is 1. The Morgan fingerprint density at radius 2 is 2.05 bits per heavy atom. The number of nitrogens with zero attached hydrogens (tertiary/aromatic N) is 1. The predicted octanol–water partition coefficient (Wildman–Crippen LogP) is 4.41. The van der Waals surface area contributed by atoms with Crippen LogP contribution >= 0.6 is 11.8 Å². The summed E-state index contributed by atoms with van der Waals surface area (Å²) >= 11 is 1.69. The average Bonchev–Trinajstić information content (AvgIpc) is 2.30. The first-order valence-electron chi connectivity index (χ1n) is 5.80. The third-order valence-electron chi connectivity index (χ3n) is 2.34. The van der Waals surface area contributed by atoms with Gasteiger partial charge in [-0.25, -0.2) is 0 Å². The van der Waals surface area contributed by atoms with E-state index in [4.69, 9.17) is 0 Å². The lowest BCUT2D eigenvalue weighted by Gasteiger charge is -2.08. The molecule has 0 heterocycles. The van der Waals surface area contributed by atoms with Crippen LogP contribution in [0.1, 0.15) is 25.0 Å². The Morgan fingerprint density at radius 3 is 2.63 bits per heavy atom. The van der Waals surface area contributed by atoms with E-state index in [0.29, 0.717) is 5.71 Å². The van der Waals surface area contributed by atoms with Crippen molar-refractivity contribution in [3.05, 3.63) is 29.3 Å². The molecule has 106 valence electrons. The number of alkyl halides is 3. The summed E-state index contributed by atoms with van der Waals surface area (Å²) in [4.78, 5) is 5.40. The summed E-state index contributed by atoms with van der Waals surface area (Å²) in [5, 5.41) is 3.50. The van der Waals surface area contributed by atoms with Gasteiger partial charge in [0.15, 0.2) is 0 Å². The van der Waals surface area contributed by atoms with Gasteiger partial charge in [0.05, 0.1) is 5.71 Å². The van der Waals surface area contributed by atoms with Crippen LogP contribution < -0.4 is 0 Å². The molecule has 0 fully saturated rings. The van der Waals surface area contributed by atoms with E-state index in [9.17, 15) is 13.2 Å². The number of hydrogen-bond acceptors (Lipinski definition) is 3. The quantitative estimate of drug-likeness (QED) is 0.455. The van der Waals surface area contributed by atoms with E-state index in [2.05, 4.69) is 9.99 Å². The molecule has 0 aromatic heterocycles. The lowest BCUT2D eigenvalue weighted by molar-refractivity contribution is -0.173. The summed E-state index contributed by atoms with van der Waals surface area (Å²) in [5.74, 6) is 0.936. The molecular weight excluding hydrogens is 275 g/mol. The van der Waals surface area contributed by atoms with Crippen molar-refractivity contribution >= 4 is 17.5 Å². The minimum Gasteiger partial charge on any atom is -0.386 e. The van der Waals surface area contributed by atoms with Gasteiger partial charge in [0.1, 0.15) is 0 Å². The molecule has 1 aromatic rings. The molecule has 0 saturated carbocycles. The fourth-order valence-electron chi connectivity index (χ4n) is 1.39. The van der Waals surface area contributed by atoms with Crippen molar-refractivity contribution in [2.75, 3.05) is 12.4 Å². The maximum atomic E-state index is 11.9. The van der Waals surface area contributed by atoms with Crippen LogP contribution in [0.5, 0.6) is 0 Å². The van der Waals surface area contributed by atoms with Gasteiger partial charge in [-0.15, -0.1) is 11.8 Å². The topological polar surface area (TPSA) is 21.6 Å². The Balaban J connectivity index is 2.79. The van der Waals surface area contributed by atoms with Crippen LogP contribution in [0.15, 0.2) is 28.3 Å². The second kappa shape index (κ2) is 6.84. The molecule has 0 N–H and O–H groups in total. The fraction of sp³-hybridized carbons (Fsp3) is 0.462. The van der Waals surface area contributed by atoms with Gasteiger partial charge in [-0.2, -0.15) is 13.2 Å². The van der Waals surface area contributed by atoms with Gasteiger partial charge in [-0.05, 0) is 31.2 Å². The van der Waals surface area contributed by atoms with Gasteiger partial charge in [0.2, 0.25) is 6.61 Å². The van der Waals surface area contributed by atoms with Crippen LogP contribution in [0.25, 0.3) is 0 Å². The molecular formula is C13H16F3NOS. The summed E-state index contributed by atoms with van der Waals surface area (Å²) in [6.45, 7) is 4.30. The third kappa shape index (κ3) is 5.55. The zero-order chi connectivity index (χ0) is 14.5. The highest BCUT2D eigenvalue weighted by Gasteiger charge is 2.28. The van der Waals surface area contributed by atoms with Gasteiger partial charge in [-0.3, -0.25) is 0 Å². The number of rotatable bonds is 5. The van der Waals surface area contributed by atoms with Crippen molar-refractivity contribution in [3.8, 4) is 0 Å². The van der Waals surface area contributed by atoms with Crippen LogP contribution in [-0.4, -0.2) is 24.2 Å². The Morgan fingerprint density at radius 1 is 1.37 bits per heavy atom. The maximum absolute atomic E-state index is 11.9. The molecule has 0 bridgehead atoms. The zero-order valence-corrected chi connectivity index (χ0v) is 11.9. The lowest BCUT2D eigenvalue weighted by Crippen LogP contribution is -2.15. The number of thioether (sulfide) groups is 1. The van der Waals surface area contributed by atoms with Crippen molar-refractivity contribution in [1.82, 2.24) is 0 Å². The van der Waals surface area contributed by atoms with Crippen molar-refractivity contribution in [2.45, 2.75) is 31.8 Å². The van der Waals surface area contributed by atoms with E-state index in [-0.39, 0.29) is 0 Å². The van der Waals surface area contributed by atoms with Gasteiger partial charge in [0.25, 0.3) is 0 Å². The fourth-order valence-corrected chi connectivity index (χ4v) is 2.21. The normalized spacial score (nSPS) is 12.6. The first-order chi connectivity index (χ1) is 8.83. The molecule has 0 radical (unpaired) electrons. The molecule has 0 amide bonds. The maximum Gasteiger partial charge on any atom is 0.425 e. The molecule has 0 unspecified atom stereocenters. The molecule has 0 saturated heterocycles. The molecule has 0 aliphatic heterocycles. The van der Waals surface area contributed by atoms with Crippen molar-refractivity contribution in [2.24, 2.45) is 5.16 Å². The van der Waals surface area contributed by atoms with Crippen LogP contribution in [0.2, 0.25) is 0 Å². The molecule has 1 rings (SSSR count). The van der Waals surface area contributed by atoms with Gasteiger partial charge in [0, 0.05) is 10.5 Å². The monoisotopic (exact) mass is 291 g/mol. The Labute approximate surface area is 115 Å². The highest BCUT2D eigenvalue weighted by molar-refractivity contribution is 7.99. The molecule has 0 aliphatic rings. The summed E-state index contributed by atoms with van der Waals surface area (Å²) in [6, 6.07) is 5.67. The van der Waals surface area contributed by atoms with E-state index in [0.717, 1.165) is 21.8 Å². The number of hydrogen-bond donors (Lipinski definition) is 0. The highest BCUT2D eigenvalue weighted by Crippen LogP contribution is 2.23. The van der Waals surface area contributed by atoms with Crippen molar-refractivity contribution in [3.63, 3.8) is 0 Å². The average molecular weight is 291 g/mol. The second-order valence-corrected chi connectivity index (χ2v) is 5.28. The highest BCUT2D eigenvalue weighted by atomic mass is 32.2. The molecule has 19 heavy (non-hydrogen) atoms. The lowest BCUT2D eigenvalue weighted by atomic mass is 10.1.